The van der Waals surface area contributed by atoms with E-state index in [2.05, 4.69) is 9.97 Å². The summed E-state index contributed by atoms with van der Waals surface area (Å²) in [5.41, 5.74) is 0. The van der Waals surface area contributed by atoms with Gasteiger partial charge in [-0.15, -0.1) is 0 Å². The summed E-state index contributed by atoms with van der Waals surface area (Å²) in [6.07, 6.45) is 0. The van der Waals surface area contributed by atoms with Crippen molar-refractivity contribution >= 4 is 27.4 Å². The average Bonchev–Trinajstić information content (AvgIpc) is 2.67. The number of aromatic nitrogens is 2. The predicted octanol–water partition coefficient (Wildman–Crippen LogP) is 1.97. The SMILES string of the molecule is COc1cc(N2CCN(S(=O)(=O)c3ccc(OC)c(Cl)c3)CC2)nc(C)n1. The molecule has 1 aromatic heterocycles. The van der Waals surface area contributed by atoms with Crippen molar-refractivity contribution in [3.63, 3.8) is 0 Å². The molecular weight excluding hydrogens is 392 g/mol. The summed E-state index contributed by atoms with van der Waals surface area (Å²) in [6.45, 7) is 3.51. The van der Waals surface area contributed by atoms with Crippen molar-refractivity contribution in [1.29, 1.82) is 0 Å². The molecule has 0 unspecified atom stereocenters. The summed E-state index contributed by atoms with van der Waals surface area (Å²) < 4.78 is 37.5. The molecule has 0 spiro atoms. The third kappa shape index (κ3) is 4.10. The molecule has 2 heterocycles. The van der Waals surface area contributed by atoms with Gasteiger partial charge in [0.1, 0.15) is 17.4 Å². The fourth-order valence-electron chi connectivity index (χ4n) is 2.91. The van der Waals surface area contributed by atoms with Crippen molar-refractivity contribution < 1.29 is 17.9 Å². The number of aryl methyl sites for hydroxylation is 1. The van der Waals surface area contributed by atoms with Gasteiger partial charge in [-0.1, -0.05) is 11.6 Å². The molecule has 0 radical (unpaired) electrons. The Bertz CT molecular complexity index is 931. The molecule has 0 N–H and O–H groups in total. The third-order valence-electron chi connectivity index (χ3n) is 4.33. The van der Waals surface area contributed by atoms with Gasteiger partial charge >= 0.3 is 0 Å². The number of benzene rings is 1. The van der Waals surface area contributed by atoms with Gasteiger partial charge in [-0.3, -0.25) is 0 Å². The minimum absolute atomic E-state index is 0.154. The molecule has 1 fully saturated rings. The number of rotatable bonds is 5. The Kier molecular flexibility index (Phi) is 5.73. The van der Waals surface area contributed by atoms with E-state index in [0.29, 0.717) is 43.6 Å². The standard InChI is InChI=1S/C17H21ClN4O4S/c1-12-19-16(11-17(20-12)26-3)21-6-8-22(9-7-21)27(23,24)13-4-5-15(25-2)14(18)10-13/h4-5,10-11H,6-9H2,1-3H3. The maximum absolute atomic E-state index is 12.9. The second-order valence-corrected chi connectivity index (χ2v) is 8.35. The predicted molar refractivity (Wildman–Crippen MR) is 102 cm³/mol. The second kappa shape index (κ2) is 7.87. The largest absolute Gasteiger partial charge is 0.495 e. The molecule has 0 aliphatic carbocycles. The van der Waals surface area contributed by atoms with E-state index in [-0.39, 0.29) is 9.92 Å². The molecular formula is C17H21ClN4O4S. The zero-order valence-electron chi connectivity index (χ0n) is 15.3. The average molecular weight is 413 g/mol. The molecule has 27 heavy (non-hydrogen) atoms. The molecule has 2 aromatic rings. The van der Waals surface area contributed by atoms with Crippen LogP contribution in [0.4, 0.5) is 5.82 Å². The van der Waals surface area contributed by atoms with E-state index in [4.69, 9.17) is 21.1 Å². The number of ether oxygens (including phenoxy) is 2. The first kappa shape index (κ1) is 19.7. The van der Waals surface area contributed by atoms with Crippen molar-refractivity contribution in [3.8, 4) is 11.6 Å². The Hall–Kier alpha value is -2.10. The summed E-state index contributed by atoms with van der Waals surface area (Å²) >= 11 is 6.08. The first-order valence-electron chi connectivity index (χ1n) is 8.33. The van der Waals surface area contributed by atoms with E-state index in [0.717, 1.165) is 5.82 Å². The van der Waals surface area contributed by atoms with Crippen LogP contribution >= 0.6 is 11.6 Å². The summed E-state index contributed by atoms with van der Waals surface area (Å²) in [7, 11) is -0.591. The lowest BCUT2D eigenvalue weighted by atomic mass is 10.3. The molecule has 1 aromatic carbocycles. The molecule has 3 rings (SSSR count). The van der Waals surface area contributed by atoms with Crippen LogP contribution in [0, 0.1) is 6.92 Å². The Morgan fingerprint density at radius 2 is 1.74 bits per heavy atom. The van der Waals surface area contributed by atoms with Crippen LogP contribution in [-0.4, -0.2) is 63.1 Å². The van der Waals surface area contributed by atoms with Crippen LogP contribution in [0.5, 0.6) is 11.6 Å². The highest BCUT2D eigenvalue weighted by Gasteiger charge is 2.29. The number of sulfonamides is 1. The number of methoxy groups -OCH3 is 2. The van der Waals surface area contributed by atoms with Crippen LogP contribution < -0.4 is 14.4 Å². The maximum Gasteiger partial charge on any atom is 0.243 e. The highest BCUT2D eigenvalue weighted by atomic mass is 35.5. The van der Waals surface area contributed by atoms with Gasteiger partial charge in [-0.25, -0.2) is 13.4 Å². The number of hydrogen-bond donors (Lipinski definition) is 0. The van der Waals surface area contributed by atoms with E-state index in [1.807, 2.05) is 4.90 Å². The minimum atomic E-state index is -3.63. The van der Waals surface area contributed by atoms with Crippen molar-refractivity contribution in [1.82, 2.24) is 14.3 Å². The Morgan fingerprint density at radius 1 is 1.04 bits per heavy atom. The fraction of sp³-hybridized carbons (Fsp3) is 0.412. The van der Waals surface area contributed by atoms with Crippen LogP contribution in [0.25, 0.3) is 0 Å². The van der Waals surface area contributed by atoms with Gasteiger partial charge in [0.15, 0.2) is 0 Å². The van der Waals surface area contributed by atoms with Crippen molar-refractivity contribution in [2.75, 3.05) is 45.3 Å². The number of piperazine rings is 1. The number of nitrogens with zero attached hydrogens (tertiary/aromatic N) is 4. The van der Waals surface area contributed by atoms with E-state index >= 15 is 0 Å². The Labute approximate surface area is 163 Å². The quantitative estimate of drug-likeness (QED) is 0.742. The van der Waals surface area contributed by atoms with Crippen LogP contribution in [-0.2, 0) is 10.0 Å². The zero-order chi connectivity index (χ0) is 19.6. The lowest BCUT2D eigenvalue weighted by Gasteiger charge is -2.34. The number of hydrogen-bond acceptors (Lipinski definition) is 7. The van der Waals surface area contributed by atoms with Crippen LogP contribution in [0.1, 0.15) is 5.82 Å². The third-order valence-corrected chi connectivity index (χ3v) is 6.52. The Balaban J connectivity index is 1.75. The van der Waals surface area contributed by atoms with Crippen molar-refractivity contribution in [3.05, 3.63) is 35.1 Å². The zero-order valence-corrected chi connectivity index (χ0v) is 16.9. The molecule has 0 saturated carbocycles. The van der Waals surface area contributed by atoms with E-state index in [1.54, 1.807) is 26.2 Å². The van der Waals surface area contributed by atoms with Crippen LogP contribution in [0.15, 0.2) is 29.2 Å². The summed E-state index contributed by atoms with van der Waals surface area (Å²) in [5, 5.41) is 0.265. The number of anilines is 1. The summed E-state index contributed by atoms with van der Waals surface area (Å²) in [5.74, 6) is 2.25. The van der Waals surface area contributed by atoms with Gasteiger partial charge in [0.25, 0.3) is 0 Å². The lowest BCUT2D eigenvalue weighted by molar-refractivity contribution is 0.380. The van der Waals surface area contributed by atoms with Crippen LogP contribution in [0.3, 0.4) is 0 Å². The second-order valence-electron chi connectivity index (χ2n) is 6.00. The van der Waals surface area contributed by atoms with Gasteiger partial charge in [-0.05, 0) is 25.1 Å². The lowest BCUT2D eigenvalue weighted by Crippen LogP contribution is -2.49. The molecule has 0 bridgehead atoms. The van der Waals surface area contributed by atoms with E-state index in [1.165, 1.54) is 23.5 Å². The van der Waals surface area contributed by atoms with Crippen molar-refractivity contribution in [2.24, 2.45) is 0 Å². The molecule has 1 aliphatic rings. The van der Waals surface area contributed by atoms with Crippen LogP contribution in [0.2, 0.25) is 5.02 Å². The van der Waals surface area contributed by atoms with Gasteiger partial charge in [-0.2, -0.15) is 9.29 Å². The summed E-state index contributed by atoms with van der Waals surface area (Å²) in [4.78, 5) is 10.8. The normalized spacial score (nSPS) is 15.6. The van der Waals surface area contributed by atoms with Crippen molar-refractivity contribution in [2.45, 2.75) is 11.8 Å². The molecule has 1 saturated heterocycles. The van der Waals surface area contributed by atoms with Gasteiger partial charge < -0.3 is 14.4 Å². The molecule has 8 nitrogen and oxygen atoms in total. The highest BCUT2D eigenvalue weighted by molar-refractivity contribution is 7.89. The molecule has 0 atom stereocenters. The minimum Gasteiger partial charge on any atom is -0.495 e. The van der Waals surface area contributed by atoms with E-state index < -0.39 is 10.0 Å². The van der Waals surface area contributed by atoms with E-state index in [9.17, 15) is 8.42 Å². The first-order chi connectivity index (χ1) is 12.8. The topological polar surface area (TPSA) is 84.9 Å². The summed E-state index contributed by atoms with van der Waals surface area (Å²) in [6, 6.07) is 6.23. The monoisotopic (exact) mass is 412 g/mol. The van der Waals surface area contributed by atoms with Gasteiger partial charge in [0.05, 0.1) is 24.1 Å². The maximum atomic E-state index is 12.9. The van der Waals surface area contributed by atoms with Gasteiger partial charge in [0.2, 0.25) is 15.9 Å². The number of halogens is 1. The molecule has 10 heteroatoms. The smallest absolute Gasteiger partial charge is 0.243 e. The van der Waals surface area contributed by atoms with Gasteiger partial charge in [0, 0.05) is 32.2 Å². The Morgan fingerprint density at radius 3 is 2.33 bits per heavy atom. The molecule has 0 amide bonds. The molecule has 1 aliphatic heterocycles. The highest BCUT2D eigenvalue weighted by Crippen LogP contribution is 2.29. The molecule has 146 valence electrons. The fourth-order valence-corrected chi connectivity index (χ4v) is 4.68. The first-order valence-corrected chi connectivity index (χ1v) is 10.2.